The van der Waals surface area contributed by atoms with Gasteiger partial charge < -0.3 is 10.4 Å². The average molecular weight is 255 g/mol. The molecule has 0 aromatic rings. The lowest BCUT2D eigenvalue weighted by molar-refractivity contribution is -0.124. The predicted molar refractivity (Wildman–Crippen MR) is 74.4 cm³/mol. The van der Waals surface area contributed by atoms with Gasteiger partial charge in [-0.3, -0.25) is 4.79 Å². The molecule has 1 amide bonds. The molecule has 1 aliphatic carbocycles. The van der Waals surface area contributed by atoms with Gasteiger partial charge in [0.2, 0.25) is 5.91 Å². The van der Waals surface area contributed by atoms with E-state index in [9.17, 15) is 4.79 Å². The normalized spacial score (nSPS) is 21.1. The number of nitrogens with one attached hydrogen (secondary N) is 1. The van der Waals surface area contributed by atoms with Crippen LogP contribution in [-0.4, -0.2) is 23.2 Å². The Morgan fingerprint density at radius 1 is 1.28 bits per heavy atom. The van der Waals surface area contributed by atoms with Gasteiger partial charge in [0, 0.05) is 18.6 Å². The Morgan fingerprint density at radius 2 is 1.89 bits per heavy atom. The molecule has 0 radical (unpaired) electrons. The van der Waals surface area contributed by atoms with Crippen LogP contribution in [0.15, 0.2) is 0 Å². The summed E-state index contributed by atoms with van der Waals surface area (Å²) in [5, 5.41) is 12.2. The Morgan fingerprint density at radius 3 is 2.39 bits per heavy atom. The van der Waals surface area contributed by atoms with Crippen molar-refractivity contribution in [3.05, 3.63) is 0 Å². The van der Waals surface area contributed by atoms with E-state index in [1.54, 1.807) is 0 Å². The molecule has 1 saturated carbocycles. The predicted octanol–water partition coefficient (Wildman–Crippen LogP) is 3.01. The summed E-state index contributed by atoms with van der Waals surface area (Å²) >= 11 is 0. The van der Waals surface area contributed by atoms with Crippen LogP contribution in [0.4, 0.5) is 0 Å². The van der Waals surface area contributed by atoms with E-state index >= 15 is 0 Å². The largest absolute Gasteiger partial charge is 0.396 e. The molecule has 2 N–H and O–H groups in total. The van der Waals surface area contributed by atoms with Gasteiger partial charge in [0.25, 0.3) is 0 Å². The van der Waals surface area contributed by atoms with Gasteiger partial charge in [-0.1, -0.05) is 32.6 Å². The number of amides is 1. The zero-order chi connectivity index (χ0) is 13.4. The van der Waals surface area contributed by atoms with Crippen molar-refractivity contribution >= 4 is 5.91 Å². The number of aliphatic hydroxyl groups excluding tert-OH is 1. The van der Waals surface area contributed by atoms with Crippen LogP contribution in [0, 0.1) is 5.92 Å². The zero-order valence-electron chi connectivity index (χ0n) is 12.0. The highest BCUT2D eigenvalue weighted by Crippen LogP contribution is 2.25. The SMILES string of the molecule is CCC(C)(CCO)NC(=O)CC1CCCCCC1. The zero-order valence-corrected chi connectivity index (χ0v) is 12.0. The van der Waals surface area contributed by atoms with Crippen LogP contribution in [0.25, 0.3) is 0 Å². The highest BCUT2D eigenvalue weighted by Gasteiger charge is 2.25. The molecule has 0 spiro atoms. The molecule has 1 unspecified atom stereocenters. The van der Waals surface area contributed by atoms with Crippen molar-refractivity contribution in [3.63, 3.8) is 0 Å². The Labute approximate surface area is 111 Å². The van der Waals surface area contributed by atoms with Gasteiger partial charge in [-0.25, -0.2) is 0 Å². The lowest BCUT2D eigenvalue weighted by atomic mass is 9.92. The van der Waals surface area contributed by atoms with E-state index in [0.717, 1.165) is 6.42 Å². The molecule has 1 rings (SSSR count). The van der Waals surface area contributed by atoms with Crippen LogP contribution in [0.5, 0.6) is 0 Å². The number of carbonyl (C=O) groups excluding carboxylic acids is 1. The van der Waals surface area contributed by atoms with Crippen molar-refractivity contribution < 1.29 is 9.90 Å². The monoisotopic (exact) mass is 255 g/mol. The second-order valence-corrected chi connectivity index (χ2v) is 6.00. The molecule has 0 aromatic heterocycles. The standard InChI is InChI=1S/C15H29NO2/c1-3-15(2,10-11-17)16-14(18)12-13-8-6-4-5-7-9-13/h13,17H,3-12H2,1-2H3,(H,16,18). The number of aliphatic hydroxyl groups is 1. The van der Waals surface area contributed by atoms with E-state index in [1.807, 2.05) is 6.92 Å². The third-order valence-corrected chi connectivity index (χ3v) is 4.33. The molecular formula is C15H29NO2. The van der Waals surface area contributed by atoms with E-state index in [-0.39, 0.29) is 18.1 Å². The second kappa shape index (κ2) is 7.78. The summed E-state index contributed by atoms with van der Waals surface area (Å²) in [5.74, 6) is 0.738. The average Bonchev–Trinajstić information content (AvgIpc) is 2.57. The first kappa shape index (κ1) is 15.5. The van der Waals surface area contributed by atoms with Crippen molar-refractivity contribution in [1.29, 1.82) is 0 Å². The van der Waals surface area contributed by atoms with Crippen molar-refractivity contribution in [1.82, 2.24) is 5.32 Å². The molecule has 3 nitrogen and oxygen atoms in total. The third kappa shape index (κ3) is 5.38. The number of carbonyl (C=O) groups is 1. The van der Waals surface area contributed by atoms with Crippen molar-refractivity contribution in [2.24, 2.45) is 5.92 Å². The molecule has 3 heteroatoms. The topological polar surface area (TPSA) is 49.3 Å². The summed E-state index contributed by atoms with van der Waals surface area (Å²) in [7, 11) is 0. The summed E-state index contributed by atoms with van der Waals surface area (Å²) in [4.78, 5) is 12.1. The summed E-state index contributed by atoms with van der Waals surface area (Å²) in [6, 6.07) is 0. The Kier molecular flexibility index (Phi) is 6.69. The summed E-state index contributed by atoms with van der Waals surface area (Å²) in [6.07, 6.45) is 9.79. The van der Waals surface area contributed by atoms with Gasteiger partial charge in [0.05, 0.1) is 0 Å². The van der Waals surface area contributed by atoms with Gasteiger partial charge in [-0.05, 0) is 38.5 Å². The molecular weight excluding hydrogens is 226 g/mol. The maximum absolute atomic E-state index is 12.1. The number of hydrogen-bond donors (Lipinski definition) is 2. The molecule has 1 fully saturated rings. The smallest absolute Gasteiger partial charge is 0.220 e. The van der Waals surface area contributed by atoms with Gasteiger partial charge in [0.15, 0.2) is 0 Å². The van der Waals surface area contributed by atoms with Crippen molar-refractivity contribution in [2.75, 3.05) is 6.61 Å². The van der Waals surface area contributed by atoms with Crippen molar-refractivity contribution in [3.8, 4) is 0 Å². The molecule has 0 aliphatic heterocycles. The van der Waals surface area contributed by atoms with Crippen LogP contribution in [-0.2, 0) is 4.79 Å². The van der Waals surface area contributed by atoms with E-state index < -0.39 is 0 Å². The van der Waals surface area contributed by atoms with Crippen LogP contribution in [0.1, 0.15) is 71.6 Å². The molecule has 0 bridgehead atoms. The minimum atomic E-state index is -0.240. The molecule has 1 atom stereocenters. The molecule has 18 heavy (non-hydrogen) atoms. The van der Waals surface area contributed by atoms with Gasteiger partial charge in [-0.15, -0.1) is 0 Å². The third-order valence-electron chi connectivity index (χ3n) is 4.33. The maximum atomic E-state index is 12.1. The maximum Gasteiger partial charge on any atom is 0.220 e. The molecule has 0 saturated heterocycles. The minimum absolute atomic E-state index is 0.133. The molecule has 0 aromatic carbocycles. The Hall–Kier alpha value is -0.570. The van der Waals surface area contributed by atoms with Crippen LogP contribution >= 0.6 is 0 Å². The van der Waals surface area contributed by atoms with Gasteiger partial charge in [-0.2, -0.15) is 0 Å². The first-order chi connectivity index (χ1) is 8.59. The molecule has 0 heterocycles. The molecule has 1 aliphatic rings. The summed E-state index contributed by atoms with van der Waals surface area (Å²) in [6.45, 7) is 4.21. The van der Waals surface area contributed by atoms with Crippen LogP contribution in [0.2, 0.25) is 0 Å². The highest BCUT2D eigenvalue weighted by atomic mass is 16.3. The number of rotatable bonds is 6. The first-order valence-electron chi connectivity index (χ1n) is 7.51. The Balaban J connectivity index is 2.39. The highest BCUT2D eigenvalue weighted by molar-refractivity contribution is 5.77. The lowest BCUT2D eigenvalue weighted by Gasteiger charge is -2.29. The van der Waals surface area contributed by atoms with E-state index in [1.165, 1.54) is 38.5 Å². The molecule has 106 valence electrons. The fourth-order valence-corrected chi connectivity index (χ4v) is 2.79. The summed E-state index contributed by atoms with van der Waals surface area (Å²) < 4.78 is 0. The fraction of sp³-hybridized carbons (Fsp3) is 0.933. The first-order valence-corrected chi connectivity index (χ1v) is 7.51. The fourth-order valence-electron chi connectivity index (χ4n) is 2.79. The number of hydrogen-bond acceptors (Lipinski definition) is 2. The van der Waals surface area contributed by atoms with Crippen LogP contribution < -0.4 is 5.32 Å². The van der Waals surface area contributed by atoms with E-state index in [0.29, 0.717) is 18.8 Å². The quantitative estimate of drug-likeness (QED) is 0.717. The minimum Gasteiger partial charge on any atom is -0.396 e. The second-order valence-electron chi connectivity index (χ2n) is 6.00. The van der Waals surface area contributed by atoms with Crippen LogP contribution in [0.3, 0.4) is 0 Å². The van der Waals surface area contributed by atoms with E-state index in [2.05, 4.69) is 12.2 Å². The van der Waals surface area contributed by atoms with Gasteiger partial charge in [0.1, 0.15) is 0 Å². The van der Waals surface area contributed by atoms with E-state index in [4.69, 9.17) is 5.11 Å². The van der Waals surface area contributed by atoms with Gasteiger partial charge >= 0.3 is 0 Å². The lowest BCUT2D eigenvalue weighted by Crippen LogP contribution is -2.46. The Bertz CT molecular complexity index is 247. The summed E-state index contributed by atoms with van der Waals surface area (Å²) in [5.41, 5.74) is -0.240. The van der Waals surface area contributed by atoms with Crippen molar-refractivity contribution in [2.45, 2.75) is 77.2 Å².